The van der Waals surface area contributed by atoms with Crippen LogP contribution in [-0.2, 0) is 25.5 Å². The monoisotopic (exact) mass is 607 g/mol. The minimum absolute atomic E-state index is 0.0757. The maximum Gasteiger partial charge on any atom is 0.249 e. The average molecular weight is 608 g/mol. The van der Waals surface area contributed by atoms with Crippen LogP contribution in [0.3, 0.4) is 0 Å². The first-order chi connectivity index (χ1) is 20.5. The molecule has 44 heavy (non-hydrogen) atoms. The Morgan fingerprint density at radius 3 is 2.27 bits per heavy atom. The Kier molecular flexibility index (Phi) is 9.32. The molecule has 3 aliphatic rings. The van der Waals surface area contributed by atoms with Gasteiger partial charge in [-0.1, -0.05) is 70.2 Å². The highest BCUT2D eigenvalue weighted by molar-refractivity contribution is 5.99. The number of amides is 3. The zero-order valence-corrected chi connectivity index (χ0v) is 28.0. The zero-order chi connectivity index (χ0) is 32.8. The summed E-state index contributed by atoms with van der Waals surface area (Å²) in [4.78, 5) is 49.1. The van der Waals surface area contributed by atoms with E-state index >= 15 is 4.79 Å². The first kappa shape index (κ1) is 33.9. The molecule has 2 bridgehead atoms. The molecule has 0 aromatic heterocycles. The first-order valence-corrected chi connectivity index (χ1v) is 15.9. The Morgan fingerprint density at radius 1 is 1.11 bits per heavy atom. The molecule has 1 spiro atoms. The fraction of sp³-hybridized carbons (Fsp3) is 0.639. The van der Waals surface area contributed by atoms with Crippen LogP contribution in [0.4, 0.5) is 0 Å². The van der Waals surface area contributed by atoms with Crippen molar-refractivity contribution in [3.05, 3.63) is 61.2 Å². The van der Waals surface area contributed by atoms with Gasteiger partial charge in [-0.15, -0.1) is 13.2 Å². The van der Waals surface area contributed by atoms with Gasteiger partial charge in [0.25, 0.3) is 0 Å². The molecule has 3 saturated heterocycles. The van der Waals surface area contributed by atoms with Gasteiger partial charge in [0, 0.05) is 25.7 Å². The van der Waals surface area contributed by atoms with E-state index in [-0.39, 0.29) is 35.7 Å². The summed E-state index contributed by atoms with van der Waals surface area (Å²) >= 11 is 0. The predicted molar refractivity (Wildman–Crippen MR) is 173 cm³/mol. The summed E-state index contributed by atoms with van der Waals surface area (Å²) in [7, 11) is 1.71. The Morgan fingerprint density at radius 2 is 1.73 bits per heavy atom. The van der Waals surface area contributed by atoms with E-state index in [1.54, 1.807) is 29.0 Å². The number of aliphatic hydroxyl groups is 1. The molecule has 4 rings (SSSR count). The number of likely N-dealkylation sites (N-methyl/N-ethyl adjacent to an activating group) is 1. The lowest BCUT2D eigenvalue weighted by molar-refractivity contribution is -0.160. The number of fused-ring (bicyclic) bond motifs is 1. The van der Waals surface area contributed by atoms with E-state index in [9.17, 15) is 14.7 Å². The Labute approximate surface area is 264 Å². The SMILES string of the molecule is C=CCN(C)C(=O)[C@H]1[C@H]2C(=O)N([C@@H](CO)Cc3ccccc3)C(C(=O)N(CC=C)C(C)(C)CC(C)(C)C)C23CC(C)[C@]1(C)O3. The molecular formula is C36H53N3O5. The molecule has 8 heteroatoms. The van der Waals surface area contributed by atoms with Crippen molar-refractivity contribution >= 4 is 17.7 Å². The zero-order valence-electron chi connectivity index (χ0n) is 28.0. The lowest BCUT2D eigenvalue weighted by Gasteiger charge is -2.46. The van der Waals surface area contributed by atoms with Crippen LogP contribution in [0.2, 0.25) is 0 Å². The minimum atomic E-state index is -1.21. The van der Waals surface area contributed by atoms with E-state index in [2.05, 4.69) is 47.8 Å². The topological polar surface area (TPSA) is 90.4 Å². The molecule has 7 atom stereocenters. The maximum atomic E-state index is 15.2. The van der Waals surface area contributed by atoms with Crippen molar-refractivity contribution in [3.63, 3.8) is 0 Å². The Bertz CT molecular complexity index is 1270. The molecule has 242 valence electrons. The molecule has 3 amide bonds. The van der Waals surface area contributed by atoms with Gasteiger partial charge in [-0.25, -0.2) is 0 Å². The van der Waals surface area contributed by atoms with Crippen LogP contribution in [-0.4, -0.2) is 93.1 Å². The molecule has 1 aromatic rings. The predicted octanol–water partition coefficient (Wildman–Crippen LogP) is 4.47. The van der Waals surface area contributed by atoms with Crippen molar-refractivity contribution in [2.45, 2.75) is 96.6 Å². The third kappa shape index (κ3) is 5.64. The number of nitrogens with zero attached hydrogens (tertiary/aromatic N) is 3. The molecule has 0 radical (unpaired) electrons. The van der Waals surface area contributed by atoms with Crippen molar-refractivity contribution in [2.24, 2.45) is 23.2 Å². The highest BCUT2D eigenvalue weighted by Gasteiger charge is 2.80. The highest BCUT2D eigenvalue weighted by atomic mass is 16.5. The second-order valence-electron chi connectivity index (χ2n) is 15.3. The fourth-order valence-electron chi connectivity index (χ4n) is 8.69. The largest absolute Gasteiger partial charge is 0.394 e. The second-order valence-corrected chi connectivity index (χ2v) is 15.3. The van der Waals surface area contributed by atoms with E-state index in [0.717, 1.165) is 5.56 Å². The number of hydrogen-bond acceptors (Lipinski definition) is 5. The molecule has 0 aliphatic carbocycles. The summed E-state index contributed by atoms with van der Waals surface area (Å²) in [5.74, 6) is -2.41. The van der Waals surface area contributed by atoms with Crippen LogP contribution in [0.25, 0.3) is 0 Å². The lowest BCUT2D eigenvalue weighted by Crippen LogP contribution is -2.63. The summed E-state index contributed by atoms with van der Waals surface area (Å²) in [6.07, 6.45) is 4.93. The smallest absolute Gasteiger partial charge is 0.249 e. The quantitative estimate of drug-likeness (QED) is 0.354. The number of rotatable bonds is 12. The van der Waals surface area contributed by atoms with Gasteiger partial charge in [-0.3, -0.25) is 14.4 Å². The van der Waals surface area contributed by atoms with Crippen molar-refractivity contribution in [1.82, 2.24) is 14.7 Å². The van der Waals surface area contributed by atoms with Crippen LogP contribution in [0.5, 0.6) is 0 Å². The number of ether oxygens (including phenoxy) is 1. The fourth-order valence-corrected chi connectivity index (χ4v) is 8.69. The van der Waals surface area contributed by atoms with Crippen molar-refractivity contribution in [1.29, 1.82) is 0 Å². The van der Waals surface area contributed by atoms with Crippen molar-refractivity contribution in [3.8, 4) is 0 Å². The summed E-state index contributed by atoms with van der Waals surface area (Å²) in [6, 6.07) is 7.99. The number of likely N-dealkylation sites (tertiary alicyclic amines) is 1. The molecule has 3 fully saturated rings. The highest BCUT2D eigenvalue weighted by Crippen LogP contribution is 2.66. The van der Waals surface area contributed by atoms with Gasteiger partial charge >= 0.3 is 0 Å². The Hall–Kier alpha value is -2.97. The molecule has 1 N–H and O–H groups in total. The van der Waals surface area contributed by atoms with Gasteiger partial charge in [-0.05, 0) is 56.9 Å². The van der Waals surface area contributed by atoms with Gasteiger partial charge in [0.15, 0.2) is 0 Å². The van der Waals surface area contributed by atoms with Gasteiger partial charge in [0.1, 0.15) is 11.6 Å². The van der Waals surface area contributed by atoms with E-state index < -0.39 is 40.7 Å². The minimum Gasteiger partial charge on any atom is -0.394 e. The second kappa shape index (κ2) is 12.1. The van der Waals surface area contributed by atoms with E-state index in [1.165, 1.54) is 0 Å². The van der Waals surface area contributed by atoms with Crippen LogP contribution < -0.4 is 0 Å². The maximum absolute atomic E-state index is 15.2. The van der Waals surface area contributed by atoms with Gasteiger partial charge < -0.3 is 24.5 Å². The van der Waals surface area contributed by atoms with Crippen LogP contribution in [0.1, 0.15) is 66.9 Å². The number of hydrogen-bond donors (Lipinski definition) is 1. The van der Waals surface area contributed by atoms with E-state index in [4.69, 9.17) is 4.74 Å². The number of carbonyl (C=O) groups is 3. The Balaban J connectivity index is 1.90. The first-order valence-electron chi connectivity index (χ1n) is 15.9. The third-order valence-corrected chi connectivity index (χ3v) is 10.2. The normalized spacial score (nSPS) is 30.2. The standard InChI is InChI=1S/C36H53N3O5/c1-11-18-37(10)30(41)27-28-31(42)39(26(22-40)20-25-16-14-13-15-17-25)29(36(28)21-24(3)35(27,9)44-36)32(43)38(19-12-2)34(7,8)23-33(4,5)6/h11-17,24,26-29,40H,1-2,18-23H2,3-10H3/t24?,26-,27-,28+,29?,35+,36?/m1/s1. The summed E-state index contributed by atoms with van der Waals surface area (Å²) in [6.45, 7) is 22.6. The van der Waals surface area contributed by atoms with E-state index in [1.807, 2.05) is 49.1 Å². The van der Waals surface area contributed by atoms with Gasteiger partial charge in [-0.2, -0.15) is 0 Å². The molecular weight excluding hydrogens is 554 g/mol. The van der Waals surface area contributed by atoms with E-state index in [0.29, 0.717) is 32.4 Å². The lowest BCUT2D eigenvalue weighted by atomic mass is 9.62. The molecule has 3 unspecified atom stereocenters. The van der Waals surface area contributed by atoms with Gasteiger partial charge in [0.05, 0.1) is 30.1 Å². The van der Waals surface area contributed by atoms with Gasteiger partial charge in [0.2, 0.25) is 17.7 Å². The molecule has 1 aromatic carbocycles. The molecule has 3 aliphatic heterocycles. The number of benzene rings is 1. The average Bonchev–Trinajstić information content (AvgIpc) is 3.45. The third-order valence-electron chi connectivity index (χ3n) is 10.2. The van der Waals surface area contributed by atoms with Crippen LogP contribution in [0, 0.1) is 23.2 Å². The molecule has 0 saturated carbocycles. The molecule has 3 heterocycles. The van der Waals surface area contributed by atoms with Crippen molar-refractivity contribution < 1.29 is 24.2 Å². The van der Waals surface area contributed by atoms with Crippen LogP contribution >= 0.6 is 0 Å². The molecule has 8 nitrogen and oxygen atoms in total. The summed E-state index contributed by atoms with van der Waals surface area (Å²) in [5.41, 5.74) is -1.84. The summed E-state index contributed by atoms with van der Waals surface area (Å²) in [5, 5.41) is 10.8. The number of carbonyl (C=O) groups excluding carboxylic acids is 3. The number of aliphatic hydroxyl groups excluding tert-OH is 1. The summed E-state index contributed by atoms with van der Waals surface area (Å²) < 4.78 is 6.98. The van der Waals surface area contributed by atoms with Crippen LogP contribution in [0.15, 0.2) is 55.6 Å². The van der Waals surface area contributed by atoms with Crippen molar-refractivity contribution in [2.75, 3.05) is 26.7 Å².